The maximum Gasteiger partial charge on any atom is 0.303 e. The van der Waals surface area contributed by atoms with Crippen LogP contribution in [0.5, 0.6) is 0 Å². The molecule has 1 aliphatic rings. The van der Waals surface area contributed by atoms with Gasteiger partial charge in [0.05, 0.1) is 4.91 Å². The molecule has 1 aliphatic heterocycles. The summed E-state index contributed by atoms with van der Waals surface area (Å²) in [7, 11) is 0. The monoisotopic (exact) mass is 420 g/mol. The smallest absolute Gasteiger partial charge is 0.303 e. The molecule has 1 fully saturated rings. The number of carbonyl (C=O) groups is 3. The minimum absolute atomic E-state index is 0.144. The van der Waals surface area contributed by atoms with Crippen LogP contribution in [0.15, 0.2) is 29.2 Å². The van der Waals surface area contributed by atoms with Gasteiger partial charge >= 0.3 is 5.97 Å². The Bertz CT molecular complexity index is 775. The molecule has 0 unspecified atom stereocenters. The topological polar surface area (TPSA) is 86.7 Å². The second-order valence-corrected chi connectivity index (χ2v) is 8.22. The highest BCUT2D eigenvalue weighted by Gasteiger charge is 2.31. The lowest BCUT2D eigenvalue weighted by Crippen LogP contribution is -2.33. The molecule has 2 N–H and O–H groups in total. The van der Waals surface area contributed by atoms with Crippen molar-refractivity contribution in [3.05, 3.63) is 40.3 Å². The maximum absolute atomic E-state index is 12.6. The standard InChI is InChI=1S/C20H24N2O4S2/c1-14-6-8-15(9-7-14)13-16-19(26)22(20(27)28-16)12-10-17(23)21-11-4-2-3-5-18(24)25/h6-9,13H,2-5,10-12H2,1H3,(H,21,23)(H,24,25)/b16-13+. The lowest BCUT2D eigenvalue weighted by molar-refractivity contribution is -0.137. The van der Waals surface area contributed by atoms with Gasteiger partial charge in [-0.15, -0.1) is 0 Å². The lowest BCUT2D eigenvalue weighted by Gasteiger charge is -2.14. The summed E-state index contributed by atoms with van der Waals surface area (Å²) in [5, 5.41) is 11.4. The van der Waals surface area contributed by atoms with Crippen LogP contribution in [0, 0.1) is 6.92 Å². The second-order valence-electron chi connectivity index (χ2n) is 6.55. The molecular weight excluding hydrogens is 396 g/mol. The fourth-order valence-corrected chi connectivity index (χ4v) is 3.92. The summed E-state index contributed by atoms with van der Waals surface area (Å²) in [5.74, 6) is -1.12. The number of nitrogens with one attached hydrogen (secondary N) is 1. The number of hydrogen-bond donors (Lipinski definition) is 2. The first kappa shape index (κ1) is 22.1. The van der Waals surface area contributed by atoms with Crippen molar-refractivity contribution in [3.63, 3.8) is 0 Å². The second kappa shape index (κ2) is 11.0. The number of aliphatic carboxylic acids is 1. The Kier molecular flexibility index (Phi) is 8.66. The van der Waals surface area contributed by atoms with Crippen LogP contribution in [0.3, 0.4) is 0 Å². The number of amides is 2. The largest absolute Gasteiger partial charge is 0.481 e. The van der Waals surface area contributed by atoms with Crippen molar-refractivity contribution in [3.8, 4) is 0 Å². The van der Waals surface area contributed by atoms with Crippen LogP contribution >= 0.6 is 24.0 Å². The third-order valence-corrected chi connectivity index (χ3v) is 5.58. The minimum atomic E-state index is -0.802. The highest BCUT2D eigenvalue weighted by Crippen LogP contribution is 2.32. The van der Waals surface area contributed by atoms with Crippen LogP contribution < -0.4 is 5.32 Å². The fraction of sp³-hybridized carbons (Fsp3) is 0.400. The van der Waals surface area contributed by atoms with Crippen molar-refractivity contribution in [2.45, 2.75) is 39.0 Å². The maximum atomic E-state index is 12.6. The summed E-state index contributed by atoms with van der Waals surface area (Å²) in [6, 6.07) is 7.87. The highest BCUT2D eigenvalue weighted by molar-refractivity contribution is 8.26. The van der Waals surface area contributed by atoms with Crippen LogP contribution in [0.1, 0.15) is 43.2 Å². The average molecular weight is 421 g/mol. The van der Waals surface area contributed by atoms with E-state index < -0.39 is 5.97 Å². The molecule has 0 radical (unpaired) electrons. The van der Waals surface area contributed by atoms with Crippen molar-refractivity contribution < 1.29 is 19.5 Å². The summed E-state index contributed by atoms with van der Waals surface area (Å²) in [5.41, 5.74) is 2.09. The Morgan fingerprint density at radius 2 is 1.89 bits per heavy atom. The fourth-order valence-electron chi connectivity index (χ4n) is 2.61. The van der Waals surface area contributed by atoms with E-state index in [4.69, 9.17) is 17.3 Å². The zero-order chi connectivity index (χ0) is 20.5. The van der Waals surface area contributed by atoms with Crippen molar-refractivity contribution in [1.29, 1.82) is 0 Å². The molecule has 1 heterocycles. The predicted octanol–water partition coefficient (Wildman–Crippen LogP) is 3.35. The van der Waals surface area contributed by atoms with E-state index in [-0.39, 0.29) is 31.2 Å². The average Bonchev–Trinajstić information content (AvgIpc) is 2.91. The highest BCUT2D eigenvalue weighted by atomic mass is 32.2. The molecule has 2 amide bonds. The van der Waals surface area contributed by atoms with Gasteiger partial charge in [0.15, 0.2) is 0 Å². The Labute approximate surface area is 174 Å². The summed E-state index contributed by atoms with van der Waals surface area (Å²) < 4.78 is 0.463. The van der Waals surface area contributed by atoms with Crippen molar-refractivity contribution in [1.82, 2.24) is 10.2 Å². The lowest BCUT2D eigenvalue weighted by atomic mass is 10.1. The number of benzene rings is 1. The molecule has 0 aliphatic carbocycles. The molecule has 0 spiro atoms. The molecular formula is C20H24N2O4S2. The normalized spacial score (nSPS) is 15.3. The van der Waals surface area contributed by atoms with E-state index in [1.54, 1.807) is 0 Å². The molecule has 0 bridgehead atoms. The van der Waals surface area contributed by atoms with Gasteiger partial charge in [0, 0.05) is 25.9 Å². The quantitative estimate of drug-likeness (QED) is 0.343. The third kappa shape index (κ3) is 7.09. The Hall–Kier alpha value is -2.19. The third-order valence-electron chi connectivity index (χ3n) is 4.20. The Balaban J connectivity index is 1.75. The molecule has 1 aromatic rings. The number of thioether (sulfide) groups is 1. The van der Waals surface area contributed by atoms with E-state index in [0.717, 1.165) is 24.0 Å². The number of carboxylic acids is 1. The van der Waals surface area contributed by atoms with Crippen molar-refractivity contribution in [2.75, 3.05) is 13.1 Å². The van der Waals surface area contributed by atoms with Gasteiger partial charge in [-0.3, -0.25) is 19.3 Å². The van der Waals surface area contributed by atoms with E-state index in [9.17, 15) is 14.4 Å². The van der Waals surface area contributed by atoms with E-state index >= 15 is 0 Å². The molecule has 1 aromatic carbocycles. The zero-order valence-corrected chi connectivity index (χ0v) is 17.4. The van der Waals surface area contributed by atoms with Crippen LogP contribution in [0.25, 0.3) is 6.08 Å². The van der Waals surface area contributed by atoms with Gasteiger partial charge in [-0.2, -0.15) is 0 Å². The van der Waals surface area contributed by atoms with Crippen LogP contribution in [0.4, 0.5) is 0 Å². The number of rotatable bonds is 10. The molecule has 1 saturated heterocycles. The first-order valence-corrected chi connectivity index (χ1v) is 10.4. The molecule has 28 heavy (non-hydrogen) atoms. The molecule has 0 aromatic heterocycles. The molecule has 0 saturated carbocycles. The first-order valence-electron chi connectivity index (χ1n) is 9.17. The number of nitrogens with zero attached hydrogens (tertiary/aromatic N) is 1. The van der Waals surface area contributed by atoms with Crippen molar-refractivity contribution in [2.24, 2.45) is 0 Å². The van der Waals surface area contributed by atoms with E-state index in [0.29, 0.717) is 22.2 Å². The van der Waals surface area contributed by atoms with Crippen LogP contribution in [0.2, 0.25) is 0 Å². The zero-order valence-electron chi connectivity index (χ0n) is 15.8. The Morgan fingerprint density at radius 3 is 2.57 bits per heavy atom. The van der Waals surface area contributed by atoms with Gasteiger partial charge in [-0.25, -0.2) is 0 Å². The number of thiocarbonyl (C=S) groups is 1. The molecule has 2 rings (SSSR count). The number of hydrogen-bond acceptors (Lipinski definition) is 5. The molecule has 0 atom stereocenters. The van der Waals surface area contributed by atoms with Gasteiger partial charge in [0.25, 0.3) is 5.91 Å². The first-order chi connectivity index (χ1) is 13.4. The summed E-state index contributed by atoms with van der Waals surface area (Å²) in [4.78, 5) is 37.0. The van der Waals surface area contributed by atoms with Crippen LogP contribution in [-0.2, 0) is 14.4 Å². The van der Waals surface area contributed by atoms with Gasteiger partial charge in [-0.05, 0) is 31.4 Å². The number of unbranched alkanes of at least 4 members (excludes halogenated alkanes) is 2. The van der Waals surface area contributed by atoms with Crippen LogP contribution in [-0.4, -0.2) is 45.2 Å². The summed E-state index contributed by atoms with van der Waals surface area (Å²) in [6.07, 6.45) is 4.24. The van der Waals surface area contributed by atoms with Crippen molar-refractivity contribution >= 4 is 52.2 Å². The summed E-state index contributed by atoms with van der Waals surface area (Å²) in [6.45, 7) is 2.76. The predicted molar refractivity (Wildman–Crippen MR) is 115 cm³/mol. The minimum Gasteiger partial charge on any atom is -0.481 e. The van der Waals surface area contributed by atoms with Gasteiger partial charge in [-0.1, -0.05) is 60.2 Å². The molecule has 6 nitrogen and oxygen atoms in total. The number of carbonyl (C=O) groups excluding carboxylic acids is 2. The SMILES string of the molecule is Cc1ccc(/C=C2/SC(=S)N(CCC(=O)NCCCCCC(=O)O)C2=O)cc1. The van der Waals surface area contributed by atoms with E-state index in [1.807, 2.05) is 37.3 Å². The van der Waals surface area contributed by atoms with Gasteiger partial charge < -0.3 is 10.4 Å². The number of carboxylic acid groups (broad SMARTS) is 1. The summed E-state index contributed by atoms with van der Waals surface area (Å²) >= 11 is 6.54. The van der Waals surface area contributed by atoms with E-state index in [2.05, 4.69) is 5.32 Å². The Morgan fingerprint density at radius 1 is 1.18 bits per heavy atom. The van der Waals surface area contributed by atoms with E-state index in [1.165, 1.54) is 16.7 Å². The van der Waals surface area contributed by atoms with Gasteiger partial charge in [0.2, 0.25) is 5.91 Å². The number of aryl methyl sites for hydroxylation is 1. The van der Waals surface area contributed by atoms with Gasteiger partial charge in [0.1, 0.15) is 4.32 Å². The molecule has 8 heteroatoms. The molecule has 150 valence electrons.